The first kappa shape index (κ1) is 22.8. The molecule has 0 saturated carbocycles. The molecular formula is C26H19Cl3N2O3. The van der Waals surface area contributed by atoms with Crippen molar-refractivity contribution in [3.63, 3.8) is 0 Å². The topological polar surface area (TPSA) is 60.3 Å². The van der Waals surface area contributed by atoms with E-state index < -0.39 is 11.5 Å². The lowest BCUT2D eigenvalue weighted by Gasteiger charge is -2.32. The third-order valence-corrected chi connectivity index (χ3v) is 6.74. The Hall–Kier alpha value is -2.99. The second-order valence-corrected chi connectivity index (χ2v) is 9.41. The van der Waals surface area contributed by atoms with E-state index >= 15 is 0 Å². The van der Waals surface area contributed by atoms with Crippen molar-refractivity contribution in [2.45, 2.75) is 18.9 Å². The van der Waals surface area contributed by atoms with Crippen LogP contribution in [0, 0.1) is 0 Å². The van der Waals surface area contributed by atoms with Gasteiger partial charge in [-0.15, -0.1) is 0 Å². The van der Waals surface area contributed by atoms with Gasteiger partial charge in [0.2, 0.25) is 0 Å². The van der Waals surface area contributed by atoms with Crippen LogP contribution >= 0.6 is 34.8 Å². The van der Waals surface area contributed by atoms with Gasteiger partial charge in [0.1, 0.15) is 5.69 Å². The molecule has 1 aliphatic rings. The van der Waals surface area contributed by atoms with Crippen molar-refractivity contribution < 1.29 is 14.3 Å². The summed E-state index contributed by atoms with van der Waals surface area (Å²) in [7, 11) is 0. The van der Waals surface area contributed by atoms with E-state index in [0.29, 0.717) is 31.8 Å². The van der Waals surface area contributed by atoms with Gasteiger partial charge in [-0.1, -0.05) is 59.1 Å². The molecule has 8 heteroatoms. The average Bonchev–Trinajstić information content (AvgIpc) is 3.29. The number of halogens is 3. The fraction of sp³-hybridized carbons (Fsp3) is 0.154. The number of nitrogens with zero attached hydrogens (tertiary/aromatic N) is 1. The van der Waals surface area contributed by atoms with Gasteiger partial charge in [0.15, 0.2) is 5.54 Å². The maximum absolute atomic E-state index is 13.9. The standard InChI is InChI=1S/C26H19Cl3N2O3/c1-2-34-24(32)23-11-16-6-7-19(29)13-22(16)31(23)26(14-15-4-3-5-17(27)10-15)20-9-8-18(28)12-21(20)30-25(26)33/h3-13H,2,14H2,1H3,(H,30,33). The molecule has 3 aromatic carbocycles. The number of hydrogen-bond acceptors (Lipinski definition) is 3. The van der Waals surface area contributed by atoms with Crippen molar-refractivity contribution in [1.82, 2.24) is 4.57 Å². The third kappa shape index (κ3) is 3.65. The number of rotatable bonds is 5. The molecule has 1 atom stereocenters. The molecule has 0 aliphatic carbocycles. The zero-order valence-electron chi connectivity index (χ0n) is 18.1. The predicted octanol–water partition coefficient (Wildman–Crippen LogP) is 6.72. The molecule has 0 fully saturated rings. The number of hydrogen-bond donors (Lipinski definition) is 1. The number of fused-ring (bicyclic) bond motifs is 2. The number of ether oxygens (including phenoxy) is 1. The summed E-state index contributed by atoms with van der Waals surface area (Å²) in [5, 5.41) is 5.25. The highest BCUT2D eigenvalue weighted by Gasteiger charge is 2.50. The van der Waals surface area contributed by atoms with Gasteiger partial charge in [0.25, 0.3) is 5.91 Å². The highest BCUT2D eigenvalue weighted by atomic mass is 35.5. The van der Waals surface area contributed by atoms with Crippen molar-refractivity contribution in [2.24, 2.45) is 0 Å². The molecule has 1 aliphatic heterocycles. The fourth-order valence-electron chi connectivity index (χ4n) is 4.69. The van der Waals surface area contributed by atoms with Crippen LogP contribution in [0.3, 0.4) is 0 Å². The molecule has 0 saturated heterocycles. The highest BCUT2D eigenvalue weighted by molar-refractivity contribution is 6.32. The maximum atomic E-state index is 13.9. The lowest BCUT2D eigenvalue weighted by atomic mass is 9.84. The minimum atomic E-state index is -1.32. The van der Waals surface area contributed by atoms with Gasteiger partial charge in [-0.3, -0.25) is 4.79 Å². The Bertz CT molecular complexity index is 1460. The van der Waals surface area contributed by atoms with Crippen LogP contribution in [0.15, 0.2) is 66.7 Å². The molecule has 5 nitrogen and oxygen atoms in total. The van der Waals surface area contributed by atoms with Crippen LogP contribution in [0.1, 0.15) is 28.5 Å². The highest BCUT2D eigenvalue weighted by Crippen LogP contribution is 2.46. The zero-order chi connectivity index (χ0) is 24.0. The first-order valence-electron chi connectivity index (χ1n) is 10.7. The van der Waals surface area contributed by atoms with Crippen LogP contribution in [0.25, 0.3) is 10.9 Å². The van der Waals surface area contributed by atoms with Crippen molar-refractivity contribution in [3.05, 3.63) is 98.6 Å². The minimum Gasteiger partial charge on any atom is -0.461 e. The summed E-state index contributed by atoms with van der Waals surface area (Å²) in [4.78, 5) is 27.1. The average molecular weight is 514 g/mol. The smallest absolute Gasteiger partial charge is 0.355 e. The summed E-state index contributed by atoms with van der Waals surface area (Å²) in [5.74, 6) is -0.830. The second kappa shape index (κ2) is 8.66. The molecule has 5 rings (SSSR count). The van der Waals surface area contributed by atoms with E-state index in [0.717, 1.165) is 10.9 Å². The third-order valence-electron chi connectivity index (χ3n) is 6.03. The summed E-state index contributed by atoms with van der Waals surface area (Å²) in [5.41, 5.74) is 1.65. The molecule has 34 heavy (non-hydrogen) atoms. The van der Waals surface area contributed by atoms with Gasteiger partial charge in [-0.2, -0.15) is 0 Å². The SMILES string of the molecule is CCOC(=O)c1cc2ccc(Cl)cc2n1C1(Cc2cccc(Cl)c2)C(=O)Nc2cc(Cl)ccc21. The first-order valence-corrected chi connectivity index (χ1v) is 11.8. The zero-order valence-corrected chi connectivity index (χ0v) is 20.3. The van der Waals surface area contributed by atoms with Crippen molar-refractivity contribution in [1.29, 1.82) is 0 Å². The molecule has 4 aromatic rings. The fourth-order valence-corrected chi connectivity index (χ4v) is 5.24. The van der Waals surface area contributed by atoms with E-state index in [1.54, 1.807) is 47.9 Å². The minimum absolute atomic E-state index is 0.195. The molecule has 1 N–H and O–H groups in total. The Morgan fingerprint density at radius 3 is 2.47 bits per heavy atom. The number of benzene rings is 3. The van der Waals surface area contributed by atoms with Gasteiger partial charge >= 0.3 is 5.97 Å². The summed E-state index contributed by atoms with van der Waals surface area (Å²) >= 11 is 18.9. The number of carbonyl (C=O) groups excluding carboxylic acids is 2. The Kier molecular flexibility index (Phi) is 5.80. The summed E-state index contributed by atoms with van der Waals surface area (Å²) in [6.07, 6.45) is 0.233. The Labute approximate surface area is 211 Å². The van der Waals surface area contributed by atoms with Gasteiger partial charge in [-0.25, -0.2) is 4.79 Å². The summed E-state index contributed by atoms with van der Waals surface area (Å²) in [6, 6.07) is 19.6. The van der Waals surface area contributed by atoms with Gasteiger partial charge in [0.05, 0.1) is 12.1 Å². The van der Waals surface area contributed by atoms with E-state index in [1.165, 1.54) is 0 Å². The maximum Gasteiger partial charge on any atom is 0.355 e. The van der Waals surface area contributed by atoms with E-state index in [4.69, 9.17) is 39.5 Å². The predicted molar refractivity (Wildman–Crippen MR) is 135 cm³/mol. The number of amides is 1. The molecule has 172 valence electrons. The Balaban J connectivity index is 1.88. The van der Waals surface area contributed by atoms with Crippen LogP contribution in [-0.4, -0.2) is 23.1 Å². The number of anilines is 1. The normalized spacial score (nSPS) is 17.0. The number of carbonyl (C=O) groups is 2. The molecule has 1 unspecified atom stereocenters. The molecule has 1 aromatic heterocycles. The van der Waals surface area contributed by atoms with Gasteiger partial charge in [0, 0.05) is 38.1 Å². The van der Waals surface area contributed by atoms with Crippen molar-refractivity contribution in [2.75, 3.05) is 11.9 Å². The van der Waals surface area contributed by atoms with Crippen molar-refractivity contribution in [3.8, 4) is 0 Å². The lowest BCUT2D eigenvalue weighted by molar-refractivity contribution is -0.121. The molecule has 2 heterocycles. The Morgan fingerprint density at radius 1 is 0.971 bits per heavy atom. The van der Waals surface area contributed by atoms with Gasteiger partial charge < -0.3 is 14.6 Å². The number of aromatic nitrogens is 1. The quantitative estimate of drug-likeness (QED) is 0.301. The van der Waals surface area contributed by atoms with Crippen LogP contribution < -0.4 is 5.32 Å². The number of nitrogens with one attached hydrogen (secondary N) is 1. The molecule has 0 bridgehead atoms. The number of esters is 1. The van der Waals surface area contributed by atoms with E-state index in [2.05, 4.69) is 5.32 Å². The van der Waals surface area contributed by atoms with E-state index in [1.807, 2.05) is 30.3 Å². The van der Waals surface area contributed by atoms with Crippen LogP contribution in [0.4, 0.5) is 5.69 Å². The Morgan fingerprint density at radius 2 is 1.71 bits per heavy atom. The van der Waals surface area contributed by atoms with E-state index in [9.17, 15) is 9.59 Å². The van der Waals surface area contributed by atoms with E-state index in [-0.39, 0.29) is 24.6 Å². The van der Waals surface area contributed by atoms with Crippen molar-refractivity contribution >= 4 is 63.3 Å². The van der Waals surface area contributed by atoms with Crippen LogP contribution in [0.5, 0.6) is 0 Å². The largest absolute Gasteiger partial charge is 0.461 e. The molecule has 1 amide bonds. The molecule has 0 spiro atoms. The first-order chi connectivity index (χ1) is 16.3. The summed E-state index contributed by atoms with van der Waals surface area (Å²) < 4.78 is 7.12. The van der Waals surface area contributed by atoms with Crippen LogP contribution in [-0.2, 0) is 21.5 Å². The lowest BCUT2D eigenvalue weighted by Crippen LogP contribution is -2.45. The van der Waals surface area contributed by atoms with Gasteiger partial charge in [-0.05, 0) is 55.0 Å². The monoisotopic (exact) mass is 512 g/mol. The molecule has 0 radical (unpaired) electrons. The van der Waals surface area contributed by atoms with Crippen LogP contribution in [0.2, 0.25) is 15.1 Å². The second-order valence-electron chi connectivity index (χ2n) is 8.10. The molecular weight excluding hydrogens is 495 g/mol. The summed E-state index contributed by atoms with van der Waals surface area (Å²) in [6.45, 7) is 1.93.